The van der Waals surface area contributed by atoms with Gasteiger partial charge in [0.1, 0.15) is 23.5 Å². The van der Waals surface area contributed by atoms with E-state index in [1.807, 2.05) is 25.1 Å². The van der Waals surface area contributed by atoms with Gasteiger partial charge in [-0.15, -0.1) is 0 Å². The zero-order chi connectivity index (χ0) is 15.7. The highest BCUT2D eigenvalue weighted by Gasteiger charge is 2.11. The normalized spacial score (nSPS) is 10.6. The second kappa shape index (κ2) is 5.33. The summed E-state index contributed by atoms with van der Waals surface area (Å²) in [5.41, 5.74) is 2.28. The highest BCUT2D eigenvalue weighted by molar-refractivity contribution is 5.93. The number of fused-ring (bicyclic) bond motifs is 1. The Morgan fingerprint density at radius 2 is 1.95 bits per heavy atom. The lowest BCUT2D eigenvalue weighted by atomic mass is 10.1. The topological polar surface area (TPSA) is 95.3 Å². The zero-order valence-corrected chi connectivity index (χ0v) is 11.7. The first-order chi connectivity index (χ1) is 10.5. The van der Waals surface area contributed by atoms with E-state index >= 15 is 0 Å². The van der Waals surface area contributed by atoms with Crippen LogP contribution >= 0.6 is 0 Å². The fourth-order valence-corrected chi connectivity index (χ4v) is 2.20. The molecule has 0 atom stereocenters. The van der Waals surface area contributed by atoms with Crippen molar-refractivity contribution in [3.8, 4) is 5.75 Å². The van der Waals surface area contributed by atoms with Crippen molar-refractivity contribution in [1.29, 1.82) is 0 Å². The predicted molar refractivity (Wildman–Crippen MR) is 82.6 cm³/mol. The summed E-state index contributed by atoms with van der Waals surface area (Å²) in [7, 11) is 0. The van der Waals surface area contributed by atoms with Crippen molar-refractivity contribution in [3.05, 3.63) is 53.9 Å². The van der Waals surface area contributed by atoms with E-state index in [0.29, 0.717) is 11.5 Å². The Morgan fingerprint density at radius 1 is 1.14 bits per heavy atom. The standard InChI is InChI=1S/C16H13N3O3/c1-9-2-5-13-12(6-9)15(18-8-17-13)19-10-3-4-11(16(21)22)14(20)7-10/h2-8,20H,1H3,(H,21,22)(H,17,18,19). The van der Waals surface area contributed by atoms with Crippen LogP contribution in [0.5, 0.6) is 5.75 Å². The molecule has 6 heteroatoms. The summed E-state index contributed by atoms with van der Waals surface area (Å²) in [6.45, 7) is 1.98. The molecule has 3 N–H and O–H groups in total. The number of carbonyl (C=O) groups is 1. The molecule has 1 aromatic heterocycles. The molecule has 6 nitrogen and oxygen atoms in total. The summed E-state index contributed by atoms with van der Waals surface area (Å²) in [6, 6.07) is 10.1. The van der Waals surface area contributed by atoms with Gasteiger partial charge in [0.05, 0.1) is 5.52 Å². The van der Waals surface area contributed by atoms with Crippen molar-refractivity contribution in [3.63, 3.8) is 0 Å². The zero-order valence-electron chi connectivity index (χ0n) is 11.7. The molecule has 3 aromatic rings. The van der Waals surface area contributed by atoms with Crippen LogP contribution in [-0.2, 0) is 0 Å². The first-order valence-electron chi connectivity index (χ1n) is 6.59. The molecule has 0 bridgehead atoms. The van der Waals surface area contributed by atoms with E-state index < -0.39 is 5.97 Å². The third kappa shape index (κ3) is 2.54. The smallest absolute Gasteiger partial charge is 0.339 e. The van der Waals surface area contributed by atoms with Gasteiger partial charge in [-0.3, -0.25) is 0 Å². The van der Waals surface area contributed by atoms with E-state index in [9.17, 15) is 9.90 Å². The number of nitrogens with zero attached hydrogens (tertiary/aromatic N) is 2. The number of carboxylic acids is 1. The van der Waals surface area contributed by atoms with Gasteiger partial charge in [-0.25, -0.2) is 14.8 Å². The molecule has 0 radical (unpaired) electrons. The number of aromatic hydroxyl groups is 1. The van der Waals surface area contributed by atoms with Gasteiger partial charge in [0.25, 0.3) is 0 Å². The fourth-order valence-electron chi connectivity index (χ4n) is 2.20. The van der Waals surface area contributed by atoms with Crippen LogP contribution in [0.1, 0.15) is 15.9 Å². The summed E-state index contributed by atoms with van der Waals surface area (Å²) in [4.78, 5) is 19.3. The lowest BCUT2D eigenvalue weighted by Crippen LogP contribution is -1.99. The van der Waals surface area contributed by atoms with E-state index in [-0.39, 0.29) is 11.3 Å². The summed E-state index contributed by atoms with van der Waals surface area (Å²) in [6.07, 6.45) is 1.45. The van der Waals surface area contributed by atoms with Crippen LogP contribution in [0.4, 0.5) is 11.5 Å². The number of aromatic carboxylic acids is 1. The van der Waals surface area contributed by atoms with Gasteiger partial charge in [0.15, 0.2) is 0 Å². The minimum absolute atomic E-state index is 0.144. The van der Waals surface area contributed by atoms with Crippen LogP contribution < -0.4 is 5.32 Å². The van der Waals surface area contributed by atoms with Gasteiger partial charge >= 0.3 is 5.97 Å². The van der Waals surface area contributed by atoms with Crippen LogP contribution in [0.25, 0.3) is 10.9 Å². The minimum Gasteiger partial charge on any atom is -0.507 e. The number of nitrogens with one attached hydrogen (secondary N) is 1. The predicted octanol–water partition coefficient (Wildman–Crippen LogP) is 3.09. The second-order valence-corrected chi connectivity index (χ2v) is 4.90. The molecular weight excluding hydrogens is 282 g/mol. The summed E-state index contributed by atoms with van der Waals surface area (Å²) in [5.74, 6) is -0.879. The lowest BCUT2D eigenvalue weighted by Gasteiger charge is -2.10. The Bertz CT molecular complexity index is 878. The number of aryl methyl sites for hydroxylation is 1. The van der Waals surface area contributed by atoms with Crippen molar-refractivity contribution in [1.82, 2.24) is 9.97 Å². The second-order valence-electron chi connectivity index (χ2n) is 4.90. The molecule has 0 fully saturated rings. The number of carboxylic acid groups (broad SMARTS) is 1. The summed E-state index contributed by atoms with van der Waals surface area (Å²) in [5, 5.41) is 22.6. The SMILES string of the molecule is Cc1ccc2ncnc(Nc3ccc(C(=O)O)c(O)c3)c2c1. The molecule has 0 amide bonds. The maximum Gasteiger partial charge on any atom is 0.339 e. The number of phenols is 1. The van der Waals surface area contributed by atoms with Crippen molar-refractivity contribution in [2.24, 2.45) is 0 Å². The fraction of sp³-hybridized carbons (Fsp3) is 0.0625. The Morgan fingerprint density at radius 3 is 2.68 bits per heavy atom. The molecule has 0 aliphatic rings. The number of hydrogen-bond acceptors (Lipinski definition) is 5. The molecule has 0 aliphatic heterocycles. The van der Waals surface area contributed by atoms with Crippen LogP contribution in [0, 0.1) is 6.92 Å². The number of benzene rings is 2. The highest BCUT2D eigenvalue weighted by Crippen LogP contribution is 2.27. The number of hydrogen-bond donors (Lipinski definition) is 3. The largest absolute Gasteiger partial charge is 0.507 e. The van der Waals surface area contributed by atoms with Gasteiger partial charge in [-0.1, -0.05) is 11.6 Å². The highest BCUT2D eigenvalue weighted by atomic mass is 16.4. The Kier molecular flexibility index (Phi) is 3.34. The molecule has 22 heavy (non-hydrogen) atoms. The molecule has 0 aliphatic carbocycles. The third-order valence-corrected chi connectivity index (χ3v) is 3.28. The Balaban J connectivity index is 2.01. The molecule has 0 saturated carbocycles. The number of aromatic nitrogens is 2. The number of anilines is 2. The maximum absolute atomic E-state index is 10.9. The summed E-state index contributed by atoms with van der Waals surface area (Å²) >= 11 is 0. The van der Waals surface area contributed by atoms with Crippen LogP contribution in [0.2, 0.25) is 0 Å². The number of rotatable bonds is 3. The van der Waals surface area contributed by atoms with E-state index in [1.54, 1.807) is 6.07 Å². The molecule has 0 spiro atoms. The van der Waals surface area contributed by atoms with Crippen molar-refractivity contribution in [2.75, 3.05) is 5.32 Å². The van der Waals surface area contributed by atoms with Crippen LogP contribution in [0.15, 0.2) is 42.7 Å². The van der Waals surface area contributed by atoms with E-state index in [0.717, 1.165) is 16.5 Å². The summed E-state index contributed by atoms with van der Waals surface area (Å²) < 4.78 is 0. The van der Waals surface area contributed by atoms with Crippen molar-refractivity contribution >= 4 is 28.4 Å². The van der Waals surface area contributed by atoms with E-state index in [2.05, 4.69) is 15.3 Å². The molecular formula is C16H13N3O3. The van der Waals surface area contributed by atoms with Gasteiger partial charge in [0.2, 0.25) is 0 Å². The molecule has 1 heterocycles. The lowest BCUT2D eigenvalue weighted by molar-refractivity contribution is 0.0694. The first kappa shape index (κ1) is 13.8. The molecule has 0 saturated heterocycles. The quantitative estimate of drug-likeness (QED) is 0.687. The van der Waals surface area contributed by atoms with Gasteiger partial charge in [-0.05, 0) is 31.2 Å². The molecule has 0 unspecified atom stereocenters. The van der Waals surface area contributed by atoms with E-state index in [1.165, 1.54) is 18.5 Å². The Hall–Kier alpha value is -3.15. The van der Waals surface area contributed by atoms with Crippen LogP contribution in [0.3, 0.4) is 0 Å². The van der Waals surface area contributed by atoms with E-state index in [4.69, 9.17) is 5.11 Å². The van der Waals surface area contributed by atoms with Crippen molar-refractivity contribution < 1.29 is 15.0 Å². The monoisotopic (exact) mass is 295 g/mol. The van der Waals surface area contributed by atoms with Crippen LogP contribution in [-0.4, -0.2) is 26.2 Å². The average molecular weight is 295 g/mol. The first-order valence-corrected chi connectivity index (χ1v) is 6.59. The average Bonchev–Trinajstić information content (AvgIpc) is 2.47. The maximum atomic E-state index is 10.9. The minimum atomic E-state index is -1.17. The Labute approximate surface area is 126 Å². The molecule has 110 valence electrons. The third-order valence-electron chi connectivity index (χ3n) is 3.28. The van der Waals surface area contributed by atoms with Gasteiger partial charge in [-0.2, -0.15) is 0 Å². The van der Waals surface area contributed by atoms with Gasteiger partial charge in [0, 0.05) is 17.1 Å². The molecule has 3 rings (SSSR count). The van der Waals surface area contributed by atoms with Gasteiger partial charge < -0.3 is 15.5 Å². The molecule has 2 aromatic carbocycles. The van der Waals surface area contributed by atoms with Crippen molar-refractivity contribution in [2.45, 2.75) is 6.92 Å².